The summed E-state index contributed by atoms with van der Waals surface area (Å²) in [5.41, 5.74) is 3.57. The van der Waals surface area contributed by atoms with E-state index >= 15 is 0 Å². The highest BCUT2D eigenvalue weighted by atomic mass is 16.5. The highest BCUT2D eigenvalue weighted by molar-refractivity contribution is 6.46. The van der Waals surface area contributed by atoms with Gasteiger partial charge in [0, 0.05) is 25.1 Å². The Balaban J connectivity index is 1.59. The maximum Gasteiger partial charge on any atom is 0.295 e. The number of ketones is 1. The fourth-order valence-corrected chi connectivity index (χ4v) is 5.31. The molecule has 0 aliphatic carbocycles. The van der Waals surface area contributed by atoms with Crippen molar-refractivity contribution in [2.75, 3.05) is 13.2 Å². The first kappa shape index (κ1) is 23.6. The fraction of sp³-hybridized carbons (Fsp3) is 0.448. The average molecular weight is 476 g/mol. The molecule has 2 aromatic carbocycles. The molecule has 3 unspecified atom stereocenters. The number of Topliss-reactive ketones (excluding diaryl/α,β-unsaturated/α-hetero) is 1. The molecule has 3 aliphatic rings. The lowest BCUT2D eigenvalue weighted by molar-refractivity contribution is -0.140. The number of rotatable bonds is 4. The number of aliphatic hydroxyl groups excluding tert-OH is 1. The fourth-order valence-electron chi connectivity index (χ4n) is 5.31. The summed E-state index contributed by atoms with van der Waals surface area (Å²) in [7, 11) is 0. The van der Waals surface area contributed by atoms with Gasteiger partial charge in [-0.15, -0.1) is 0 Å². The van der Waals surface area contributed by atoms with Crippen LogP contribution in [0.4, 0.5) is 0 Å². The van der Waals surface area contributed by atoms with E-state index in [0.717, 1.165) is 41.7 Å². The zero-order valence-corrected chi connectivity index (χ0v) is 20.8. The summed E-state index contributed by atoms with van der Waals surface area (Å²) in [4.78, 5) is 28.1. The highest BCUT2D eigenvalue weighted by Gasteiger charge is 2.47. The molecule has 0 bridgehead atoms. The van der Waals surface area contributed by atoms with Gasteiger partial charge in [0.05, 0.1) is 17.7 Å². The number of aliphatic hydroxyl groups is 1. The van der Waals surface area contributed by atoms with Crippen molar-refractivity contribution in [2.45, 2.75) is 70.6 Å². The molecule has 1 N–H and O–H groups in total. The van der Waals surface area contributed by atoms with Crippen molar-refractivity contribution in [2.24, 2.45) is 0 Å². The van der Waals surface area contributed by atoms with E-state index in [-0.39, 0.29) is 29.0 Å². The van der Waals surface area contributed by atoms with Crippen molar-refractivity contribution in [1.82, 2.24) is 4.90 Å². The van der Waals surface area contributed by atoms with Crippen molar-refractivity contribution in [3.05, 3.63) is 70.3 Å². The van der Waals surface area contributed by atoms with Crippen molar-refractivity contribution < 1.29 is 24.2 Å². The van der Waals surface area contributed by atoms with Crippen LogP contribution in [0.2, 0.25) is 0 Å². The van der Waals surface area contributed by atoms with Crippen LogP contribution in [0.15, 0.2) is 48.0 Å². The van der Waals surface area contributed by atoms with Gasteiger partial charge in [0.2, 0.25) is 0 Å². The summed E-state index contributed by atoms with van der Waals surface area (Å²) in [5, 5.41) is 11.4. The van der Waals surface area contributed by atoms with E-state index in [4.69, 9.17) is 9.47 Å². The van der Waals surface area contributed by atoms with Crippen molar-refractivity contribution in [1.29, 1.82) is 0 Å². The van der Waals surface area contributed by atoms with Gasteiger partial charge in [0.15, 0.2) is 0 Å². The third-order valence-electron chi connectivity index (χ3n) is 7.23. The number of fused-ring (bicyclic) bond motifs is 1. The Labute approximate surface area is 206 Å². The minimum absolute atomic E-state index is 0.0261. The zero-order valence-electron chi connectivity index (χ0n) is 20.8. The van der Waals surface area contributed by atoms with Crippen molar-refractivity contribution in [3.8, 4) is 5.75 Å². The Hall–Kier alpha value is -3.12. The van der Waals surface area contributed by atoms with E-state index in [1.807, 2.05) is 43.3 Å². The van der Waals surface area contributed by atoms with E-state index in [1.165, 1.54) is 0 Å². The van der Waals surface area contributed by atoms with Gasteiger partial charge in [0.1, 0.15) is 17.6 Å². The molecule has 3 heterocycles. The third-order valence-corrected chi connectivity index (χ3v) is 7.23. The van der Waals surface area contributed by atoms with E-state index in [2.05, 4.69) is 20.8 Å². The molecule has 0 saturated carbocycles. The smallest absolute Gasteiger partial charge is 0.295 e. The molecule has 3 atom stereocenters. The minimum Gasteiger partial charge on any atom is -0.507 e. The van der Waals surface area contributed by atoms with Gasteiger partial charge in [-0.2, -0.15) is 0 Å². The molecule has 0 spiro atoms. The van der Waals surface area contributed by atoms with Gasteiger partial charge in [-0.05, 0) is 60.1 Å². The SMILES string of the molecule is CC1Cc2cc(/C(O)=C3\C(=O)C(=O)N(CC4CCCO4)C3c3ccc(C(C)(C)C)cc3)ccc2O1. The number of hydrogen-bond acceptors (Lipinski definition) is 5. The second kappa shape index (κ2) is 8.83. The topological polar surface area (TPSA) is 76.1 Å². The molecule has 3 aliphatic heterocycles. The predicted octanol–water partition coefficient (Wildman–Crippen LogP) is 4.91. The zero-order chi connectivity index (χ0) is 24.9. The summed E-state index contributed by atoms with van der Waals surface area (Å²) in [6.07, 6.45) is 2.49. The van der Waals surface area contributed by atoms with Crippen LogP contribution in [0, 0.1) is 0 Å². The Kier molecular flexibility index (Phi) is 5.96. The lowest BCUT2D eigenvalue weighted by Gasteiger charge is -2.28. The lowest BCUT2D eigenvalue weighted by Crippen LogP contribution is -2.36. The Morgan fingerprint density at radius 3 is 2.51 bits per heavy atom. The second-order valence-electron chi connectivity index (χ2n) is 10.9. The summed E-state index contributed by atoms with van der Waals surface area (Å²) in [5.74, 6) is -0.604. The number of carbonyl (C=O) groups is 2. The molecular formula is C29H33NO5. The maximum atomic E-state index is 13.3. The summed E-state index contributed by atoms with van der Waals surface area (Å²) in [6.45, 7) is 9.41. The highest BCUT2D eigenvalue weighted by Crippen LogP contribution is 2.41. The molecule has 35 heavy (non-hydrogen) atoms. The summed E-state index contributed by atoms with van der Waals surface area (Å²) < 4.78 is 11.6. The van der Waals surface area contributed by atoms with Gasteiger partial charge in [-0.25, -0.2) is 0 Å². The van der Waals surface area contributed by atoms with Gasteiger partial charge in [0.25, 0.3) is 11.7 Å². The Morgan fingerprint density at radius 1 is 1.11 bits per heavy atom. The molecule has 2 saturated heterocycles. The van der Waals surface area contributed by atoms with Crippen LogP contribution in [0.1, 0.15) is 68.8 Å². The van der Waals surface area contributed by atoms with E-state index in [0.29, 0.717) is 18.7 Å². The molecule has 5 rings (SSSR count). The van der Waals surface area contributed by atoms with E-state index < -0.39 is 17.7 Å². The van der Waals surface area contributed by atoms with Gasteiger partial charge < -0.3 is 19.5 Å². The second-order valence-corrected chi connectivity index (χ2v) is 10.9. The van der Waals surface area contributed by atoms with Crippen LogP contribution in [0.25, 0.3) is 5.76 Å². The third kappa shape index (κ3) is 4.36. The summed E-state index contributed by atoms with van der Waals surface area (Å²) in [6, 6.07) is 12.8. The van der Waals surface area contributed by atoms with Crippen LogP contribution in [-0.4, -0.2) is 47.1 Å². The lowest BCUT2D eigenvalue weighted by atomic mass is 9.85. The standard InChI is InChI=1S/C29H33NO5/c1-17-14-20-15-19(9-12-23(20)35-17)26(31)24-25(18-7-10-21(11-8-18)29(2,3)4)30(28(33)27(24)32)16-22-6-5-13-34-22/h7-12,15,17,22,25,31H,5-6,13-14,16H2,1-4H3/b26-24+. The van der Waals surface area contributed by atoms with E-state index in [1.54, 1.807) is 11.0 Å². The predicted molar refractivity (Wildman–Crippen MR) is 133 cm³/mol. The molecule has 2 aromatic rings. The summed E-state index contributed by atoms with van der Waals surface area (Å²) >= 11 is 0. The molecule has 0 radical (unpaired) electrons. The molecule has 184 valence electrons. The van der Waals surface area contributed by atoms with Crippen LogP contribution in [0.5, 0.6) is 5.75 Å². The van der Waals surface area contributed by atoms with Crippen LogP contribution in [0.3, 0.4) is 0 Å². The first-order valence-corrected chi connectivity index (χ1v) is 12.4. The largest absolute Gasteiger partial charge is 0.507 e. The first-order valence-electron chi connectivity index (χ1n) is 12.4. The number of benzene rings is 2. The number of hydrogen-bond donors (Lipinski definition) is 1. The average Bonchev–Trinajstić information content (AvgIpc) is 3.52. The number of carbonyl (C=O) groups excluding carboxylic acids is 2. The van der Waals surface area contributed by atoms with Crippen LogP contribution < -0.4 is 4.74 Å². The molecule has 2 fully saturated rings. The molecule has 6 heteroatoms. The normalized spacial score (nSPS) is 25.7. The van der Waals surface area contributed by atoms with Gasteiger partial charge in [-0.1, -0.05) is 45.0 Å². The van der Waals surface area contributed by atoms with Gasteiger partial charge in [-0.3, -0.25) is 9.59 Å². The number of amides is 1. The maximum absolute atomic E-state index is 13.3. The Bertz CT molecular complexity index is 1180. The molecular weight excluding hydrogens is 442 g/mol. The van der Waals surface area contributed by atoms with Crippen LogP contribution >= 0.6 is 0 Å². The van der Waals surface area contributed by atoms with E-state index in [9.17, 15) is 14.7 Å². The number of nitrogens with zero attached hydrogens (tertiary/aromatic N) is 1. The minimum atomic E-state index is -0.670. The van der Waals surface area contributed by atoms with Gasteiger partial charge >= 0.3 is 0 Å². The van der Waals surface area contributed by atoms with Crippen LogP contribution in [-0.2, 0) is 26.2 Å². The molecule has 0 aromatic heterocycles. The molecule has 6 nitrogen and oxygen atoms in total. The quantitative estimate of drug-likeness (QED) is 0.386. The number of likely N-dealkylation sites (tertiary alicyclic amines) is 1. The Morgan fingerprint density at radius 2 is 1.86 bits per heavy atom. The first-order chi connectivity index (χ1) is 16.6. The van der Waals surface area contributed by atoms with Crippen molar-refractivity contribution in [3.63, 3.8) is 0 Å². The number of ether oxygens (including phenoxy) is 2. The molecule has 1 amide bonds. The van der Waals surface area contributed by atoms with Crippen molar-refractivity contribution >= 4 is 17.4 Å². The monoisotopic (exact) mass is 475 g/mol.